The van der Waals surface area contributed by atoms with E-state index >= 15 is 0 Å². The highest BCUT2D eigenvalue weighted by atomic mass is 19.1. The molecule has 2 rings (SSSR count). The molecule has 0 radical (unpaired) electrons. The average molecular weight is 276 g/mol. The van der Waals surface area contributed by atoms with Crippen LogP contribution in [-0.4, -0.2) is 30.0 Å². The molecule has 2 aromatic rings. The number of rotatable bonds is 4. The first-order valence-electron chi connectivity index (χ1n) is 6.11. The zero-order valence-corrected chi connectivity index (χ0v) is 10.9. The van der Waals surface area contributed by atoms with Gasteiger partial charge < -0.3 is 10.1 Å². The van der Waals surface area contributed by atoms with Crippen LogP contribution in [0.25, 0.3) is 10.9 Å². The van der Waals surface area contributed by atoms with Crippen molar-refractivity contribution < 1.29 is 18.7 Å². The normalized spacial score (nSPS) is 10.3. The molecule has 0 aliphatic rings. The van der Waals surface area contributed by atoms with E-state index in [-0.39, 0.29) is 24.4 Å². The molecule has 0 atom stereocenters. The van der Waals surface area contributed by atoms with Crippen molar-refractivity contribution in [3.05, 3.63) is 41.8 Å². The predicted molar refractivity (Wildman–Crippen MR) is 70.7 cm³/mol. The number of esters is 1. The van der Waals surface area contributed by atoms with Crippen molar-refractivity contribution in [2.45, 2.75) is 6.92 Å². The fourth-order valence-electron chi connectivity index (χ4n) is 1.69. The number of nitrogens with zero attached hydrogens (tertiary/aromatic N) is 1. The summed E-state index contributed by atoms with van der Waals surface area (Å²) in [7, 11) is 0. The standard InChI is InChI=1S/C14H13FN2O3/c1-2-20-12(18)8-16-14(19)11-7-6-9-4-3-5-10(15)13(9)17-11/h3-7H,2,8H2,1H3,(H,16,19). The van der Waals surface area contributed by atoms with E-state index in [4.69, 9.17) is 0 Å². The van der Waals surface area contributed by atoms with Crippen LogP contribution in [0.2, 0.25) is 0 Å². The van der Waals surface area contributed by atoms with Crippen LogP contribution in [0.15, 0.2) is 30.3 Å². The maximum absolute atomic E-state index is 13.6. The van der Waals surface area contributed by atoms with Gasteiger partial charge in [-0.2, -0.15) is 0 Å². The Kier molecular flexibility index (Phi) is 4.24. The summed E-state index contributed by atoms with van der Waals surface area (Å²) < 4.78 is 18.3. The summed E-state index contributed by atoms with van der Waals surface area (Å²) in [6, 6.07) is 7.62. The van der Waals surface area contributed by atoms with Gasteiger partial charge in [0.1, 0.15) is 23.6 Å². The van der Waals surface area contributed by atoms with Crippen LogP contribution < -0.4 is 5.32 Å². The summed E-state index contributed by atoms with van der Waals surface area (Å²) in [5.74, 6) is -1.58. The first-order valence-corrected chi connectivity index (χ1v) is 6.11. The first-order chi connectivity index (χ1) is 9.61. The van der Waals surface area contributed by atoms with Crippen molar-refractivity contribution in [3.63, 3.8) is 0 Å². The summed E-state index contributed by atoms with van der Waals surface area (Å²) in [5.41, 5.74) is 0.170. The van der Waals surface area contributed by atoms with Crippen LogP contribution in [0.3, 0.4) is 0 Å². The number of halogens is 1. The molecule has 0 saturated carbocycles. The van der Waals surface area contributed by atoms with Crippen LogP contribution >= 0.6 is 0 Å². The number of carbonyl (C=O) groups excluding carboxylic acids is 2. The molecular weight excluding hydrogens is 263 g/mol. The number of hydrogen-bond acceptors (Lipinski definition) is 4. The first kappa shape index (κ1) is 13.9. The van der Waals surface area contributed by atoms with Crippen LogP contribution in [0, 0.1) is 5.82 Å². The number of ether oxygens (including phenoxy) is 1. The molecule has 5 nitrogen and oxygen atoms in total. The van der Waals surface area contributed by atoms with Crippen molar-refractivity contribution in [1.29, 1.82) is 0 Å². The van der Waals surface area contributed by atoms with Crippen molar-refractivity contribution in [2.75, 3.05) is 13.2 Å². The number of benzene rings is 1. The van der Waals surface area contributed by atoms with Gasteiger partial charge in [-0.05, 0) is 19.1 Å². The van der Waals surface area contributed by atoms with E-state index < -0.39 is 17.7 Å². The van der Waals surface area contributed by atoms with Gasteiger partial charge in [-0.1, -0.05) is 18.2 Å². The molecule has 1 aromatic carbocycles. The smallest absolute Gasteiger partial charge is 0.325 e. The second-order valence-corrected chi connectivity index (χ2v) is 4.00. The quantitative estimate of drug-likeness (QED) is 0.862. The summed E-state index contributed by atoms with van der Waals surface area (Å²) in [5, 5.41) is 2.97. The van der Waals surface area contributed by atoms with E-state index in [2.05, 4.69) is 15.0 Å². The lowest BCUT2D eigenvalue weighted by Crippen LogP contribution is -2.31. The van der Waals surface area contributed by atoms with E-state index in [1.807, 2.05) is 0 Å². The maximum Gasteiger partial charge on any atom is 0.325 e. The monoisotopic (exact) mass is 276 g/mol. The van der Waals surface area contributed by atoms with Gasteiger partial charge in [0.15, 0.2) is 0 Å². The molecule has 0 aliphatic carbocycles. The molecule has 0 spiro atoms. The summed E-state index contributed by atoms with van der Waals surface area (Å²) in [6.07, 6.45) is 0. The van der Waals surface area contributed by atoms with E-state index in [9.17, 15) is 14.0 Å². The van der Waals surface area contributed by atoms with Gasteiger partial charge in [0, 0.05) is 5.39 Å². The average Bonchev–Trinajstić information content (AvgIpc) is 2.45. The Labute approximate surface area is 114 Å². The molecule has 0 bridgehead atoms. The fourth-order valence-corrected chi connectivity index (χ4v) is 1.69. The third-order valence-corrected chi connectivity index (χ3v) is 2.60. The Balaban J connectivity index is 2.14. The Hall–Kier alpha value is -2.50. The highest BCUT2D eigenvalue weighted by Crippen LogP contribution is 2.15. The number of nitrogens with one attached hydrogen (secondary N) is 1. The number of fused-ring (bicyclic) bond motifs is 1. The van der Waals surface area contributed by atoms with E-state index in [1.165, 1.54) is 12.1 Å². The number of pyridine rings is 1. The minimum absolute atomic E-state index is 0.0481. The maximum atomic E-state index is 13.6. The third kappa shape index (κ3) is 3.09. The highest BCUT2D eigenvalue weighted by molar-refractivity contribution is 5.96. The molecule has 0 unspecified atom stereocenters. The molecule has 0 aliphatic heterocycles. The van der Waals surface area contributed by atoms with Crippen molar-refractivity contribution in [1.82, 2.24) is 10.3 Å². The van der Waals surface area contributed by atoms with Crippen LogP contribution in [0.1, 0.15) is 17.4 Å². The molecule has 1 heterocycles. The SMILES string of the molecule is CCOC(=O)CNC(=O)c1ccc2cccc(F)c2n1. The van der Waals surface area contributed by atoms with Crippen molar-refractivity contribution >= 4 is 22.8 Å². The van der Waals surface area contributed by atoms with Crippen LogP contribution in [0.5, 0.6) is 0 Å². The van der Waals surface area contributed by atoms with E-state index in [0.717, 1.165) is 0 Å². The zero-order chi connectivity index (χ0) is 14.5. The number of para-hydroxylation sites is 1. The lowest BCUT2D eigenvalue weighted by Gasteiger charge is -2.05. The number of amides is 1. The zero-order valence-electron chi connectivity index (χ0n) is 10.9. The largest absolute Gasteiger partial charge is 0.465 e. The molecule has 1 aromatic heterocycles. The number of hydrogen-bond donors (Lipinski definition) is 1. The second kappa shape index (κ2) is 6.10. The van der Waals surface area contributed by atoms with Gasteiger partial charge in [0.25, 0.3) is 5.91 Å². The van der Waals surface area contributed by atoms with E-state index in [1.54, 1.807) is 25.1 Å². The molecule has 1 amide bonds. The molecular formula is C14H13FN2O3. The lowest BCUT2D eigenvalue weighted by molar-refractivity contribution is -0.141. The second-order valence-electron chi connectivity index (χ2n) is 4.00. The molecule has 0 saturated heterocycles. The molecule has 104 valence electrons. The van der Waals surface area contributed by atoms with Gasteiger partial charge in [0.2, 0.25) is 0 Å². The van der Waals surface area contributed by atoms with E-state index in [0.29, 0.717) is 5.39 Å². The third-order valence-electron chi connectivity index (χ3n) is 2.60. The molecule has 1 N–H and O–H groups in total. The minimum Gasteiger partial charge on any atom is -0.465 e. The highest BCUT2D eigenvalue weighted by Gasteiger charge is 2.11. The van der Waals surface area contributed by atoms with Gasteiger partial charge in [-0.3, -0.25) is 9.59 Å². The van der Waals surface area contributed by atoms with Gasteiger partial charge in [0.05, 0.1) is 6.61 Å². The van der Waals surface area contributed by atoms with Gasteiger partial charge in [-0.15, -0.1) is 0 Å². The Morgan fingerprint density at radius 2 is 2.10 bits per heavy atom. The Morgan fingerprint density at radius 1 is 1.30 bits per heavy atom. The molecule has 20 heavy (non-hydrogen) atoms. The van der Waals surface area contributed by atoms with Crippen LogP contribution in [-0.2, 0) is 9.53 Å². The Morgan fingerprint density at radius 3 is 2.85 bits per heavy atom. The number of carbonyl (C=O) groups is 2. The Bertz CT molecular complexity index is 658. The van der Waals surface area contributed by atoms with Crippen molar-refractivity contribution in [3.8, 4) is 0 Å². The minimum atomic E-state index is -0.553. The topological polar surface area (TPSA) is 68.3 Å². The van der Waals surface area contributed by atoms with Gasteiger partial charge >= 0.3 is 5.97 Å². The van der Waals surface area contributed by atoms with Crippen LogP contribution in [0.4, 0.5) is 4.39 Å². The van der Waals surface area contributed by atoms with Gasteiger partial charge in [-0.25, -0.2) is 9.37 Å². The number of aromatic nitrogens is 1. The summed E-state index contributed by atoms with van der Waals surface area (Å²) >= 11 is 0. The molecule has 0 fully saturated rings. The molecule has 6 heteroatoms. The predicted octanol–water partition coefficient (Wildman–Crippen LogP) is 1.67. The lowest BCUT2D eigenvalue weighted by atomic mass is 10.2. The fraction of sp³-hybridized carbons (Fsp3) is 0.214. The summed E-state index contributed by atoms with van der Waals surface area (Å²) in [4.78, 5) is 26.9. The van der Waals surface area contributed by atoms with Crippen molar-refractivity contribution in [2.24, 2.45) is 0 Å². The summed E-state index contributed by atoms with van der Waals surface area (Å²) in [6.45, 7) is 1.67.